The van der Waals surface area contributed by atoms with Crippen LogP contribution in [0.4, 0.5) is 0 Å². The van der Waals surface area contributed by atoms with Crippen molar-refractivity contribution >= 4 is 13.8 Å². The van der Waals surface area contributed by atoms with E-state index in [0.717, 1.165) is 109 Å². The minimum absolute atomic E-state index is 0.0138. The first-order valence-corrected chi connectivity index (χ1v) is 29.7. The Balaban J connectivity index is 4.17. The predicted molar refractivity (Wildman–Crippen MR) is 304 cm³/mol. The van der Waals surface area contributed by atoms with E-state index in [9.17, 15) is 14.3 Å². The van der Waals surface area contributed by atoms with Crippen molar-refractivity contribution in [1.29, 1.82) is 0 Å². The fraction of sp³-hybridized carbons (Fsp3) is 0.661. The monoisotopic (exact) mass is 1010 g/mol. The number of phosphoric acid groups is 1. The molecule has 0 radical (unpaired) electrons. The van der Waals surface area contributed by atoms with Gasteiger partial charge in [0.1, 0.15) is 19.3 Å². The first kappa shape index (κ1) is 67.9. The van der Waals surface area contributed by atoms with Crippen LogP contribution in [0.1, 0.15) is 206 Å². The predicted octanol–water partition coefficient (Wildman–Crippen LogP) is 17.4. The highest BCUT2D eigenvalue weighted by molar-refractivity contribution is 7.45. The third-order valence-electron chi connectivity index (χ3n) is 11.5. The van der Waals surface area contributed by atoms with Gasteiger partial charge in [0.25, 0.3) is 7.82 Å². The summed E-state index contributed by atoms with van der Waals surface area (Å²) < 4.78 is 34.8. The lowest BCUT2D eigenvalue weighted by atomic mass is 10.0. The van der Waals surface area contributed by atoms with Gasteiger partial charge in [0.15, 0.2) is 0 Å². The molecule has 406 valence electrons. The summed E-state index contributed by atoms with van der Waals surface area (Å²) >= 11 is 0. The molecule has 0 aromatic rings. The molecule has 71 heavy (non-hydrogen) atoms. The lowest BCUT2D eigenvalue weighted by Gasteiger charge is -2.28. The molecule has 2 atom stereocenters. The molecule has 0 saturated carbocycles. The van der Waals surface area contributed by atoms with Gasteiger partial charge in [0, 0.05) is 13.0 Å². The maximum absolute atomic E-state index is 12.8. The number of hydrogen-bond acceptors (Lipinski definition) is 7. The topological polar surface area (TPSA) is 94.1 Å². The molecule has 0 aromatic carbocycles. The summed E-state index contributed by atoms with van der Waals surface area (Å²) in [5.41, 5.74) is 0. The molecule has 2 unspecified atom stereocenters. The molecule has 9 heteroatoms. The average molecular weight is 1010 g/mol. The van der Waals surface area contributed by atoms with E-state index in [1.54, 1.807) is 0 Å². The van der Waals surface area contributed by atoms with Crippen molar-refractivity contribution in [3.63, 3.8) is 0 Å². The highest BCUT2D eigenvalue weighted by Gasteiger charge is 2.20. The van der Waals surface area contributed by atoms with Crippen molar-refractivity contribution in [1.82, 2.24) is 0 Å². The number of ether oxygens (including phenoxy) is 2. The van der Waals surface area contributed by atoms with Crippen LogP contribution >= 0.6 is 7.82 Å². The van der Waals surface area contributed by atoms with Crippen LogP contribution in [-0.2, 0) is 27.9 Å². The van der Waals surface area contributed by atoms with Crippen molar-refractivity contribution in [2.24, 2.45) is 0 Å². The van der Waals surface area contributed by atoms with E-state index < -0.39 is 13.9 Å². The number of phosphoric ester groups is 1. The van der Waals surface area contributed by atoms with E-state index in [2.05, 4.69) is 135 Å². The van der Waals surface area contributed by atoms with Gasteiger partial charge in [0.05, 0.1) is 34.4 Å². The summed E-state index contributed by atoms with van der Waals surface area (Å²) in [6.07, 6.45) is 76.6. The molecule has 0 spiro atoms. The highest BCUT2D eigenvalue weighted by atomic mass is 31.2. The number of nitrogens with zero attached hydrogens (tertiary/aromatic N) is 1. The lowest BCUT2D eigenvalue weighted by molar-refractivity contribution is -0.870. The Morgan fingerprint density at radius 1 is 0.437 bits per heavy atom. The number of carbonyl (C=O) groups excluding carboxylic acids is 1. The summed E-state index contributed by atoms with van der Waals surface area (Å²) in [5.74, 6) is -0.362. The molecule has 0 bridgehead atoms. The third-order valence-corrected chi connectivity index (χ3v) is 12.5. The largest absolute Gasteiger partial charge is 0.756 e. The number of hydrogen-bond donors (Lipinski definition) is 0. The van der Waals surface area contributed by atoms with Crippen molar-refractivity contribution in [2.75, 3.05) is 54.1 Å². The molecule has 0 aromatic heterocycles. The summed E-state index contributed by atoms with van der Waals surface area (Å²) in [6, 6.07) is 0. The number of rotatable bonds is 51. The molecule has 0 heterocycles. The lowest BCUT2D eigenvalue weighted by Crippen LogP contribution is -2.37. The van der Waals surface area contributed by atoms with Gasteiger partial charge in [0.2, 0.25) is 0 Å². The quantitative estimate of drug-likeness (QED) is 0.0197. The molecule has 8 nitrogen and oxygen atoms in total. The van der Waals surface area contributed by atoms with Crippen LogP contribution in [0.5, 0.6) is 0 Å². The Kier molecular flexibility index (Phi) is 50.9. The number of allylic oxidation sites excluding steroid dienone is 20. The molecule has 0 rings (SSSR count). The van der Waals surface area contributed by atoms with E-state index >= 15 is 0 Å². The van der Waals surface area contributed by atoms with Gasteiger partial charge in [-0.2, -0.15) is 0 Å². The van der Waals surface area contributed by atoms with Crippen LogP contribution in [0.15, 0.2) is 122 Å². The fourth-order valence-electron chi connectivity index (χ4n) is 7.25. The Bertz CT molecular complexity index is 1550. The molecule has 0 aliphatic carbocycles. The highest BCUT2D eigenvalue weighted by Crippen LogP contribution is 2.38. The van der Waals surface area contributed by atoms with Crippen LogP contribution in [-0.4, -0.2) is 70.7 Å². The van der Waals surface area contributed by atoms with E-state index in [1.165, 1.54) is 77.0 Å². The van der Waals surface area contributed by atoms with Crippen molar-refractivity contribution in [2.45, 2.75) is 213 Å². The van der Waals surface area contributed by atoms with Gasteiger partial charge in [-0.25, -0.2) is 0 Å². The minimum atomic E-state index is -4.55. The Hall–Kier alpha value is -3.10. The van der Waals surface area contributed by atoms with E-state index in [0.29, 0.717) is 17.6 Å². The van der Waals surface area contributed by atoms with Crippen molar-refractivity contribution < 1.29 is 37.3 Å². The molecular weight excluding hydrogens is 902 g/mol. The second-order valence-electron chi connectivity index (χ2n) is 19.5. The summed E-state index contributed by atoms with van der Waals surface area (Å²) in [4.78, 5) is 25.3. The molecule has 0 aliphatic rings. The standard InChI is InChI=1S/C62H106NO7P/c1-6-8-10-12-14-16-18-20-22-24-26-28-30-31-32-34-36-38-40-42-44-46-48-50-52-54-57-67-59-61(60-69-71(65,66)68-58-56-63(3,4)5)70-62(64)55-53-51-49-47-45-43-41-39-37-35-33-29-27-25-23-21-19-17-15-13-11-9-7-2/h8-11,14-17,20-23,26-29,35,37,41,43,61H,6-7,12-13,18-19,24-25,30-34,36,38-40,42,44-60H2,1-5H3/b10-8-,11-9-,16-14-,17-15-,22-20-,23-21-,28-26-,29-27-,37-35-,43-41-. The van der Waals surface area contributed by atoms with Crippen LogP contribution in [0.2, 0.25) is 0 Å². The number of esters is 1. The van der Waals surface area contributed by atoms with Crippen molar-refractivity contribution in [3.05, 3.63) is 122 Å². The zero-order chi connectivity index (χ0) is 51.9. The van der Waals surface area contributed by atoms with Crippen molar-refractivity contribution in [3.8, 4) is 0 Å². The van der Waals surface area contributed by atoms with Gasteiger partial charge in [-0.05, 0) is 103 Å². The summed E-state index contributed by atoms with van der Waals surface area (Å²) in [7, 11) is 1.32. The molecular formula is C62H106NO7P. The van der Waals surface area contributed by atoms with Gasteiger partial charge in [-0.3, -0.25) is 9.36 Å². The Morgan fingerprint density at radius 2 is 0.775 bits per heavy atom. The summed E-state index contributed by atoms with van der Waals surface area (Å²) in [6.45, 7) is 5.13. The first-order valence-electron chi connectivity index (χ1n) is 28.3. The van der Waals surface area contributed by atoms with E-state index in [-0.39, 0.29) is 32.2 Å². The SMILES string of the molecule is CC/C=C\C/C=C\C/C=C\C/C=C\C/C=C\C/C=C\CCCCCCC(=O)OC(COCCCCCCCCCCCCCCC/C=C\C/C=C\C/C=C\C/C=C\CC)COP(=O)([O-])OCC[N+](C)(C)C. The number of unbranched alkanes of at least 4 members (excludes halogenated alkanes) is 17. The normalized spacial score (nSPS) is 14.4. The maximum atomic E-state index is 12.8. The fourth-order valence-corrected chi connectivity index (χ4v) is 7.98. The Morgan fingerprint density at radius 3 is 1.15 bits per heavy atom. The number of likely N-dealkylation sites (N-methyl/N-ethyl adjacent to an activating group) is 1. The van der Waals surface area contributed by atoms with Gasteiger partial charge in [-0.1, -0.05) is 219 Å². The average Bonchev–Trinajstić information content (AvgIpc) is 3.33. The van der Waals surface area contributed by atoms with Crippen LogP contribution in [0.25, 0.3) is 0 Å². The zero-order valence-electron chi connectivity index (χ0n) is 46.1. The Labute approximate surface area is 437 Å². The molecule has 0 N–H and O–H groups in total. The van der Waals surface area contributed by atoms with Crippen LogP contribution in [0.3, 0.4) is 0 Å². The molecule has 0 amide bonds. The van der Waals surface area contributed by atoms with E-state index in [1.807, 2.05) is 21.1 Å². The second kappa shape index (κ2) is 53.2. The van der Waals surface area contributed by atoms with Gasteiger partial charge < -0.3 is 27.9 Å². The molecule has 0 aliphatic heterocycles. The van der Waals surface area contributed by atoms with Crippen LogP contribution in [0, 0.1) is 0 Å². The third kappa shape index (κ3) is 57.7. The van der Waals surface area contributed by atoms with Crippen LogP contribution < -0.4 is 4.89 Å². The second-order valence-corrected chi connectivity index (χ2v) is 20.9. The minimum Gasteiger partial charge on any atom is -0.756 e. The first-order chi connectivity index (χ1) is 34.6. The van der Waals surface area contributed by atoms with E-state index in [4.69, 9.17) is 18.5 Å². The number of quaternary nitrogens is 1. The summed E-state index contributed by atoms with van der Waals surface area (Å²) in [5, 5.41) is 0. The maximum Gasteiger partial charge on any atom is 0.306 e. The van der Waals surface area contributed by atoms with Gasteiger partial charge in [-0.15, -0.1) is 0 Å². The number of carbonyl (C=O) groups is 1. The smallest absolute Gasteiger partial charge is 0.306 e. The molecule has 0 fully saturated rings. The molecule has 0 saturated heterocycles. The van der Waals surface area contributed by atoms with Gasteiger partial charge >= 0.3 is 5.97 Å². The zero-order valence-corrected chi connectivity index (χ0v) is 47.0.